The summed E-state index contributed by atoms with van der Waals surface area (Å²) in [6.07, 6.45) is 1.72. The van der Waals surface area contributed by atoms with Gasteiger partial charge < -0.3 is 4.98 Å². The fourth-order valence-corrected chi connectivity index (χ4v) is 5.46. The van der Waals surface area contributed by atoms with Crippen LogP contribution >= 0.6 is 34.7 Å². The molecule has 0 saturated heterocycles. The maximum absolute atomic E-state index is 13.1. The number of thiazole rings is 1. The summed E-state index contributed by atoms with van der Waals surface area (Å²) in [6.45, 7) is 5.41. The van der Waals surface area contributed by atoms with E-state index in [-0.39, 0.29) is 11.7 Å². The Balaban J connectivity index is 1.50. The van der Waals surface area contributed by atoms with E-state index in [4.69, 9.17) is 11.6 Å². The van der Waals surface area contributed by atoms with Gasteiger partial charge in [0.05, 0.1) is 28.3 Å². The Bertz CT molecular complexity index is 1250. The standard InChI is InChI=1S/C23H20ClFN4OS2/c1-13-8-14(2)21(19(24)9-13)29(15(3)30)23-27-18(12-32-23)11-31-22-26-10-20(28-22)16-4-6-17(25)7-5-16/h4-10,12H,11H2,1-3H3,(H,26,28). The van der Waals surface area contributed by atoms with Crippen molar-refractivity contribution in [2.45, 2.75) is 31.7 Å². The molecule has 5 nitrogen and oxygen atoms in total. The van der Waals surface area contributed by atoms with E-state index >= 15 is 0 Å². The summed E-state index contributed by atoms with van der Waals surface area (Å²) >= 11 is 9.38. The van der Waals surface area contributed by atoms with Crippen molar-refractivity contribution in [3.63, 3.8) is 0 Å². The third-order valence-corrected chi connectivity index (χ3v) is 6.82. The first-order valence-corrected chi connectivity index (χ1v) is 12.0. The van der Waals surface area contributed by atoms with Gasteiger partial charge in [-0.05, 0) is 60.9 Å². The molecule has 4 aromatic rings. The molecule has 4 rings (SSSR count). The molecule has 0 aliphatic carbocycles. The third-order valence-electron chi connectivity index (χ3n) is 4.73. The van der Waals surface area contributed by atoms with Crippen LogP contribution < -0.4 is 4.90 Å². The highest BCUT2D eigenvalue weighted by Gasteiger charge is 2.22. The molecule has 32 heavy (non-hydrogen) atoms. The normalized spacial score (nSPS) is 11.0. The number of nitrogens with zero attached hydrogens (tertiary/aromatic N) is 3. The van der Waals surface area contributed by atoms with Gasteiger partial charge in [-0.3, -0.25) is 9.69 Å². The van der Waals surface area contributed by atoms with Gasteiger partial charge in [-0.25, -0.2) is 14.4 Å². The number of hydrogen-bond acceptors (Lipinski definition) is 5. The number of aromatic amines is 1. The summed E-state index contributed by atoms with van der Waals surface area (Å²) in [7, 11) is 0. The number of thioether (sulfide) groups is 1. The fraction of sp³-hybridized carbons (Fsp3) is 0.174. The Morgan fingerprint density at radius 2 is 2.00 bits per heavy atom. The lowest BCUT2D eigenvalue weighted by atomic mass is 10.1. The van der Waals surface area contributed by atoms with E-state index in [1.807, 2.05) is 31.4 Å². The molecule has 0 aliphatic heterocycles. The van der Waals surface area contributed by atoms with Gasteiger partial charge in [0.15, 0.2) is 10.3 Å². The predicted molar refractivity (Wildman–Crippen MR) is 129 cm³/mol. The van der Waals surface area contributed by atoms with Crippen LogP contribution in [0.5, 0.6) is 0 Å². The Labute approximate surface area is 198 Å². The van der Waals surface area contributed by atoms with Gasteiger partial charge in [-0.2, -0.15) is 0 Å². The Kier molecular flexibility index (Phi) is 6.64. The van der Waals surface area contributed by atoms with E-state index in [0.29, 0.717) is 21.6 Å². The van der Waals surface area contributed by atoms with Crippen LogP contribution in [-0.2, 0) is 10.5 Å². The topological polar surface area (TPSA) is 61.9 Å². The SMILES string of the molecule is CC(=O)N(c1nc(CSc2ncc(-c3ccc(F)cc3)[nH]2)cs1)c1c(C)cc(C)cc1Cl. The average molecular weight is 487 g/mol. The highest BCUT2D eigenvalue weighted by molar-refractivity contribution is 7.98. The van der Waals surface area contributed by atoms with E-state index < -0.39 is 0 Å². The third kappa shape index (κ3) is 4.87. The number of halogens is 2. The molecule has 9 heteroatoms. The number of carbonyl (C=O) groups excluding carboxylic acids is 1. The summed E-state index contributed by atoms with van der Waals surface area (Å²) in [4.78, 5) is 26.3. The van der Waals surface area contributed by atoms with Gasteiger partial charge >= 0.3 is 0 Å². The number of H-pyrrole nitrogens is 1. The minimum Gasteiger partial charge on any atom is -0.333 e. The first-order chi connectivity index (χ1) is 15.3. The second kappa shape index (κ2) is 9.44. The molecule has 0 radical (unpaired) electrons. The van der Waals surface area contributed by atoms with Gasteiger partial charge in [0.1, 0.15) is 5.82 Å². The van der Waals surface area contributed by atoms with Crippen molar-refractivity contribution < 1.29 is 9.18 Å². The van der Waals surface area contributed by atoms with Gasteiger partial charge in [-0.1, -0.05) is 29.4 Å². The Morgan fingerprint density at radius 1 is 1.25 bits per heavy atom. The van der Waals surface area contributed by atoms with Crippen LogP contribution in [0.2, 0.25) is 5.02 Å². The van der Waals surface area contributed by atoms with Crippen LogP contribution in [0.15, 0.2) is 53.1 Å². The molecule has 2 aromatic carbocycles. The van der Waals surface area contributed by atoms with Crippen molar-refractivity contribution >= 4 is 51.4 Å². The molecule has 0 unspecified atom stereocenters. The number of hydrogen-bond donors (Lipinski definition) is 1. The number of benzene rings is 2. The lowest BCUT2D eigenvalue weighted by Crippen LogP contribution is -2.24. The molecule has 1 amide bonds. The van der Waals surface area contributed by atoms with Crippen LogP contribution in [0.3, 0.4) is 0 Å². The first-order valence-electron chi connectivity index (χ1n) is 9.77. The zero-order valence-corrected chi connectivity index (χ0v) is 20.0. The van der Waals surface area contributed by atoms with Crippen molar-refractivity contribution in [2.75, 3.05) is 4.90 Å². The van der Waals surface area contributed by atoms with Gasteiger partial charge in [0, 0.05) is 18.1 Å². The Hall–Kier alpha value is -2.68. The quantitative estimate of drug-likeness (QED) is 0.300. The predicted octanol–water partition coefficient (Wildman–Crippen LogP) is 6.92. The van der Waals surface area contributed by atoms with Crippen LogP contribution in [0.25, 0.3) is 11.3 Å². The minimum absolute atomic E-state index is 0.151. The average Bonchev–Trinajstić information content (AvgIpc) is 3.39. The summed E-state index contributed by atoms with van der Waals surface area (Å²) in [6, 6.07) is 10.1. The van der Waals surface area contributed by atoms with Crippen molar-refractivity contribution in [3.05, 3.63) is 75.6 Å². The molecule has 0 bridgehead atoms. The second-order valence-corrected chi connectivity index (χ2v) is 9.49. The number of carbonyl (C=O) groups is 1. The molecule has 164 valence electrons. The number of aromatic nitrogens is 3. The van der Waals surface area contributed by atoms with Crippen molar-refractivity contribution in [1.82, 2.24) is 15.0 Å². The van der Waals surface area contributed by atoms with Gasteiger partial charge in [0.25, 0.3) is 0 Å². The first kappa shape index (κ1) is 22.5. The molecule has 0 aliphatic rings. The van der Waals surface area contributed by atoms with Crippen molar-refractivity contribution in [1.29, 1.82) is 0 Å². The van der Waals surface area contributed by atoms with E-state index in [9.17, 15) is 9.18 Å². The van der Waals surface area contributed by atoms with Crippen molar-refractivity contribution in [2.24, 2.45) is 0 Å². The molecule has 0 fully saturated rings. The number of imidazole rings is 1. The molecule has 0 saturated carbocycles. The summed E-state index contributed by atoms with van der Waals surface area (Å²) in [5.74, 6) is 0.158. The van der Waals surface area contributed by atoms with E-state index in [1.54, 1.807) is 23.2 Å². The van der Waals surface area contributed by atoms with Gasteiger partial charge in [-0.15, -0.1) is 11.3 Å². The molecule has 0 atom stereocenters. The molecule has 0 spiro atoms. The molecular formula is C23H20ClFN4OS2. The molecular weight excluding hydrogens is 467 g/mol. The fourth-order valence-electron chi connectivity index (χ4n) is 3.34. The number of amides is 1. The monoisotopic (exact) mass is 486 g/mol. The lowest BCUT2D eigenvalue weighted by Gasteiger charge is -2.22. The Morgan fingerprint density at radius 3 is 2.69 bits per heavy atom. The number of rotatable bonds is 6. The zero-order valence-electron chi connectivity index (χ0n) is 17.6. The summed E-state index contributed by atoms with van der Waals surface area (Å²) in [5, 5.41) is 3.76. The molecule has 1 N–H and O–H groups in total. The maximum Gasteiger partial charge on any atom is 0.230 e. The van der Waals surface area contributed by atoms with Gasteiger partial charge in [0.2, 0.25) is 5.91 Å². The van der Waals surface area contributed by atoms with Crippen LogP contribution in [0.4, 0.5) is 15.2 Å². The summed E-state index contributed by atoms with van der Waals surface area (Å²) < 4.78 is 13.1. The highest BCUT2D eigenvalue weighted by Crippen LogP contribution is 2.38. The number of nitrogens with one attached hydrogen (secondary N) is 1. The van der Waals surface area contributed by atoms with Crippen molar-refractivity contribution in [3.8, 4) is 11.3 Å². The maximum atomic E-state index is 13.1. The smallest absolute Gasteiger partial charge is 0.230 e. The second-order valence-electron chi connectivity index (χ2n) is 7.29. The van der Waals surface area contributed by atoms with Crippen LogP contribution in [0.1, 0.15) is 23.7 Å². The van der Waals surface area contributed by atoms with E-state index in [2.05, 4.69) is 15.0 Å². The molecule has 2 aromatic heterocycles. The highest BCUT2D eigenvalue weighted by atomic mass is 35.5. The van der Waals surface area contributed by atoms with Crippen LogP contribution in [-0.4, -0.2) is 20.9 Å². The number of aryl methyl sites for hydroxylation is 2. The zero-order chi connectivity index (χ0) is 22.8. The lowest BCUT2D eigenvalue weighted by molar-refractivity contribution is -0.115. The van der Waals surface area contributed by atoms with E-state index in [0.717, 1.165) is 33.2 Å². The molecule has 2 heterocycles. The van der Waals surface area contributed by atoms with E-state index in [1.165, 1.54) is 42.2 Å². The minimum atomic E-state index is -0.274. The number of anilines is 2. The summed E-state index contributed by atoms with van der Waals surface area (Å²) in [5.41, 5.74) is 5.13. The van der Waals surface area contributed by atoms with Crippen LogP contribution in [0, 0.1) is 19.7 Å². The largest absolute Gasteiger partial charge is 0.333 e.